The normalized spacial score (nSPS) is 11.9. The fraction of sp³-hybridized carbons (Fsp3) is 0.263. The highest BCUT2D eigenvalue weighted by Crippen LogP contribution is 2.22. The average Bonchev–Trinajstić information content (AvgIpc) is 2.92. The molecule has 1 aromatic heterocycles. The maximum absolute atomic E-state index is 12.3. The van der Waals surface area contributed by atoms with Crippen molar-refractivity contribution >= 4 is 39.2 Å². The monoisotopic (exact) mass is 372 g/mol. The summed E-state index contributed by atoms with van der Waals surface area (Å²) in [6.45, 7) is 2.13. The number of fused-ring (bicyclic) bond motifs is 1. The number of benzene rings is 2. The highest BCUT2D eigenvalue weighted by atomic mass is 32.2. The summed E-state index contributed by atoms with van der Waals surface area (Å²) in [5, 5.41) is 0. The van der Waals surface area contributed by atoms with Crippen molar-refractivity contribution in [2.24, 2.45) is 12.0 Å². The van der Waals surface area contributed by atoms with Crippen LogP contribution in [0.1, 0.15) is 12.5 Å². The molecule has 25 heavy (non-hydrogen) atoms. The van der Waals surface area contributed by atoms with Gasteiger partial charge in [0, 0.05) is 11.9 Å². The first-order chi connectivity index (χ1) is 12.1. The number of ether oxygens (including phenoxy) is 1. The maximum Gasteiger partial charge on any atom is 0.252 e. The number of thiazole rings is 1. The third kappa shape index (κ3) is 4.14. The molecule has 6 heteroatoms. The molecule has 0 aliphatic rings. The van der Waals surface area contributed by atoms with Gasteiger partial charge in [-0.25, -0.2) is 0 Å². The minimum atomic E-state index is -0.134. The van der Waals surface area contributed by atoms with Crippen molar-refractivity contribution in [2.45, 2.75) is 18.2 Å². The minimum absolute atomic E-state index is 0.134. The highest BCUT2D eigenvalue weighted by Gasteiger charge is 2.07. The number of amides is 1. The third-order valence-electron chi connectivity index (χ3n) is 3.83. The predicted molar refractivity (Wildman–Crippen MR) is 104 cm³/mol. The smallest absolute Gasteiger partial charge is 0.252 e. The highest BCUT2D eigenvalue weighted by molar-refractivity contribution is 7.99. The zero-order valence-corrected chi connectivity index (χ0v) is 16.1. The number of aromatic nitrogens is 1. The summed E-state index contributed by atoms with van der Waals surface area (Å²) in [5.74, 6) is 1.71. The van der Waals surface area contributed by atoms with Crippen LogP contribution >= 0.6 is 23.1 Å². The summed E-state index contributed by atoms with van der Waals surface area (Å²) in [4.78, 5) is 18.6. The van der Waals surface area contributed by atoms with Gasteiger partial charge in [-0.05, 0) is 41.6 Å². The summed E-state index contributed by atoms with van der Waals surface area (Å²) in [6.07, 6.45) is 0.314. The van der Waals surface area contributed by atoms with Crippen LogP contribution in [0.2, 0.25) is 0 Å². The molecule has 4 nitrogen and oxygen atoms in total. The molecule has 1 amide bonds. The molecule has 0 fully saturated rings. The Morgan fingerprint density at radius 2 is 2.00 bits per heavy atom. The number of aryl methyl sites for hydroxylation is 1. The van der Waals surface area contributed by atoms with Crippen molar-refractivity contribution in [3.63, 3.8) is 0 Å². The van der Waals surface area contributed by atoms with E-state index in [-0.39, 0.29) is 5.91 Å². The largest absolute Gasteiger partial charge is 0.497 e. The van der Waals surface area contributed by atoms with Gasteiger partial charge in [-0.1, -0.05) is 30.4 Å². The van der Waals surface area contributed by atoms with Gasteiger partial charge < -0.3 is 9.30 Å². The predicted octanol–water partition coefficient (Wildman–Crippen LogP) is 4.03. The fourth-order valence-electron chi connectivity index (χ4n) is 2.54. The van der Waals surface area contributed by atoms with E-state index >= 15 is 0 Å². The van der Waals surface area contributed by atoms with Crippen LogP contribution in [0.5, 0.6) is 5.75 Å². The molecule has 1 heterocycles. The first-order valence-electron chi connectivity index (χ1n) is 8.03. The van der Waals surface area contributed by atoms with Crippen LogP contribution < -0.4 is 9.54 Å². The van der Waals surface area contributed by atoms with Gasteiger partial charge in [-0.3, -0.25) is 4.79 Å². The minimum Gasteiger partial charge on any atom is -0.497 e. The Morgan fingerprint density at radius 1 is 1.24 bits per heavy atom. The Balaban J connectivity index is 1.83. The second-order valence-electron chi connectivity index (χ2n) is 5.54. The second kappa shape index (κ2) is 7.89. The standard InChI is InChI=1S/C19H20N2O2S2/c1-4-24-15-8-5-13(6-9-15)11-18(22)20-19-21(2)16-10-7-14(23-3)12-17(16)25-19/h5-10,12H,4,11H2,1-3H3. The van der Waals surface area contributed by atoms with Crippen LogP contribution in [0.25, 0.3) is 10.2 Å². The average molecular weight is 373 g/mol. The molecule has 3 rings (SSSR count). The van der Waals surface area contributed by atoms with E-state index in [1.165, 1.54) is 16.2 Å². The number of carbonyl (C=O) groups excluding carboxylic acids is 1. The summed E-state index contributed by atoms with van der Waals surface area (Å²) in [6, 6.07) is 14.0. The van der Waals surface area contributed by atoms with Gasteiger partial charge in [0.25, 0.3) is 5.91 Å². The molecule has 0 bridgehead atoms. The van der Waals surface area contributed by atoms with E-state index in [4.69, 9.17) is 4.74 Å². The van der Waals surface area contributed by atoms with Crippen molar-refractivity contribution in [1.82, 2.24) is 4.57 Å². The van der Waals surface area contributed by atoms with E-state index in [1.54, 1.807) is 18.9 Å². The van der Waals surface area contributed by atoms with Crippen LogP contribution in [0.3, 0.4) is 0 Å². The van der Waals surface area contributed by atoms with Crippen LogP contribution in [0.15, 0.2) is 52.4 Å². The van der Waals surface area contributed by atoms with Crippen molar-refractivity contribution in [3.8, 4) is 5.75 Å². The number of nitrogens with zero attached hydrogens (tertiary/aromatic N) is 2. The summed E-state index contributed by atoms with van der Waals surface area (Å²) in [7, 11) is 3.57. The zero-order valence-electron chi connectivity index (χ0n) is 14.5. The van der Waals surface area contributed by atoms with E-state index in [2.05, 4.69) is 24.0 Å². The number of thioether (sulfide) groups is 1. The van der Waals surface area contributed by atoms with Gasteiger partial charge in [-0.2, -0.15) is 4.99 Å². The number of carbonyl (C=O) groups is 1. The topological polar surface area (TPSA) is 43.6 Å². The van der Waals surface area contributed by atoms with Gasteiger partial charge in [0.15, 0.2) is 4.80 Å². The Kier molecular flexibility index (Phi) is 5.60. The molecule has 0 saturated carbocycles. The van der Waals surface area contributed by atoms with Gasteiger partial charge >= 0.3 is 0 Å². The van der Waals surface area contributed by atoms with Crippen molar-refractivity contribution < 1.29 is 9.53 Å². The molecule has 0 spiro atoms. The maximum atomic E-state index is 12.3. The summed E-state index contributed by atoms with van der Waals surface area (Å²) in [5.41, 5.74) is 2.03. The molecule has 0 atom stereocenters. The van der Waals surface area contributed by atoms with E-state index in [0.717, 1.165) is 27.3 Å². The fourth-order valence-corrected chi connectivity index (χ4v) is 4.26. The molecule has 0 N–H and O–H groups in total. The van der Waals surface area contributed by atoms with E-state index in [9.17, 15) is 4.79 Å². The lowest BCUT2D eigenvalue weighted by Crippen LogP contribution is -2.14. The molecule has 130 valence electrons. The molecule has 0 unspecified atom stereocenters. The van der Waals surface area contributed by atoms with Gasteiger partial charge in [-0.15, -0.1) is 11.8 Å². The first-order valence-corrected chi connectivity index (χ1v) is 9.83. The van der Waals surface area contributed by atoms with Crippen molar-refractivity contribution in [1.29, 1.82) is 0 Å². The second-order valence-corrected chi connectivity index (χ2v) is 7.88. The molecule has 3 aromatic rings. The molecule has 0 radical (unpaired) electrons. The quantitative estimate of drug-likeness (QED) is 0.635. The molecule has 0 aliphatic heterocycles. The lowest BCUT2D eigenvalue weighted by molar-refractivity contribution is -0.117. The Labute approximate surface area is 155 Å². The number of hydrogen-bond donors (Lipinski definition) is 0. The number of hydrogen-bond acceptors (Lipinski definition) is 4. The molecular weight excluding hydrogens is 352 g/mol. The van der Waals surface area contributed by atoms with Gasteiger partial charge in [0.05, 0.1) is 23.7 Å². The number of rotatable bonds is 5. The third-order valence-corrected chi connectivity index (χ3v) is 5.82. The van der Waals surface area contributed by atoms with E-state index in [0.29, 0.717) is 11.2 Å². The molecule has 0 aliphatic carbocycles. The molecule has 0 saturated heterocycles. The SMILES string of the molecule is CCSc1ccc(CC(=O)N=c2sc3cc(OC)ccc3n2C)cc1. The zero-order chi connectivity index (χ0) is 17.8. The Morgan fingerprint density at radius 3 is 2.68 bits per heavy atom. The van der Waals surface area contributed by atoms with Crippen molar-refractivity contribution in [3.05, 3.63) is 52.8 Å². The first kappa shape index (κ1) is 17.8. The number of methoxy groups -OCH3 is 1. The lowest BCUT2D eigenvalue weighted by atomic mass is 10.1. The van der Waals surface area contributed by atoms with Crippen LogP contribution in [-0.4, -0.2) is 23.3 Å². The van der Waals surface area contributed by atoms with E-state index < -0.39 is 0 Å². The van der Waals surface area contributed by atoms with Crippen LogP contribution in [-0.2, 0) is 18.3 Å². The Bertz CT molecular complexity index is 956. The molecule has 2 aromatic carbocycles. The molecular formula is C19H20N2O2S2. The van der Waals surface area contributed by atoms with Crippen molar-refractivity contribution in [2.75, 3.05) is 12.9 Å². The summed E-state index contributed by atoms with van der Waals surface area (Å²) >= 11 is 3.29. The van der Waals surface area contributed by atoms with Gasteiger partial charge in [0.2, 0.25) is 0 Å². The van der Waals surface area contributed by atoms with Crippen LogP contribution in [0.4, 0.5) is 0 Å². The van der Waals surface area contributed by atoms with E-state index in [1.807, 2.05) is 41.9 Å². The summed E-state index contributed by atoms with van der Waals surface area (Å²) < 4.78 is 8.25. The van der Waals surface area contributed by atoms with Gasteiger partial charge in [0.1, 0.15) is 5.75 Å². The van der Waals surface area contributed by atoms with Crippen LogP contribution in [0, 0.1) is 0 Å². The Hall–Kier alpha value is -2.05. The lowest BCUT2D eigenvalue weighted by Gasteiger charge is -2.01.